The second-order valence-electron chi connectivity index (χ2n) is 3.18. The van der Waals surface area contributed by atoms with Gasteiger partial charge >= 0.3 is 5.88 Å². The topological polar surface area (TPSA) is 96.8 Å². The van der Waals surface area contributed by atoms with E-state index in [4.69, 9.17) is 21.7 Å². The summed E-state index contributed by atoms with van der Waals surface area (Å²) in [5, 5.41) is 19.4. The maximum absolute atomic E-state index is 11.7. The Morgan fingerprint density at radius 3 is 2.83 bits per heavy atom. The number of aliphatic hydroxyl groups is 1. The molecule has 1 aliphatic heterocycles. The molecule has 1 aromatic rings. The highest BCUT2D eigenvalue weighted by atomic mass is 32.2. The van der Waals surface area contributed by atoms with Crippen molar-refractivity contribution >= 4 is 46.2 Å². The molecule has 0 aliphatic carbocycles. The van der Waals surface area contributed by atoms with Crippen LogP contribution < -0.4 is 0 Å². The molecule has 2 heterocycles. The van der Waals surface area contributed by atoms with Crippen molar-refractivity contribution < 1.29 is 19.2 Å². The number of rotatable bonds is 3. The number of nitrogens with zero attached hydrogens (tertiary/aromatic N) is 2. The largest absolute Gasteiger partial charge is 0.433 e. The molecule has 0 spiro atoms. The van der Waals surface area contributed by atoms with Crippen molar-refractivity contribution in [1.29, 1.82) is 0 Å². The summed E-state index contributed by atoms with van der Waals surface area (Å²) in [6.45, 7) is -0.500. The predicted octanol–water partition coefficient (Wildman–Crippen LogP) is 1.34. The van der Waals surface area contributed by atoms with E-state index in [1.807, 2.05) is 0 Å². The Balaban J connectivity index is 2.26. The van der Waals surface area contributed by atoms with E-state index in [0.29, 0.717) is 0 Å². The smallest absolute Gasteiger partial charge is 0.401 e. The van der Waals surface area contributed by atoms with E-state index in [9.17, 15) is 14.9 Å². The maximum Gasteiger partial charge on any atom is 0.433 e. The minimum atomic E-state index is -0.670. The number of hydrogen-bond acceptors (Lipinski definition) is 7. The first-order valence-electron chi connectivity index (χ1n) is 4.63. The lowest BCUT2D eigenvalue weighted by Gasteiger charge is -2.08. The first-order valence-corrected chi connectivity index (χ1v) is 5.86. The van der Waals surface area contributed by atoms with Gasteiger partial charge in [-0.15, -0.1) is 0 Å². The molecule has 1 fully saturated rings. The van der Waals surface area contributed by atoms with Gasteiger partial charge < -0.3 is 9.52 Å². The molecule has 2 rings (SSSR count). The summed E-state index contributed by atoms with van der Waals surface area (Å²) in [5.41, 5.74) is 0. The lowest BCUT2D eigenvalue weighted by atomic mass is 10.3. The van der Waals surface area contributed by atoms with E-state index in [2.05, 4.69) is 0 Å². The van der Waals surface area contributed by atoms with E-state index < -0.39 is 23.4 Å². The number of nitro groups is 1. The number of thioether (sulfide) groups is 1. The van der Waals surface area contributed by atoms with Crippen molar-refractivity contribution in [2.45, 2.75) is 0 Å². The van der Waals surface area contributed by atoms with E-state index in [-0.39, 0.29) is 15.0 Å². The van der Waals surface area contributed by atoms with Crippen LogP contribution in [0.25, 0.3) is 6.08 Å². The summed E-state index contributed by atoms with van der Waals surface area (Å²) in [6.07, 6.45) is 1.35. The Bertz CT molecular complexity index is 565. The van der Waals surface area contributed by atoms with Crippen LogP contribution >= 0.6 is 24.0 Å². The molecular formula is C9H6N2O5S2. The number of thiocarbonyl (C=S) groups is 1. The van der Waals surface area contributed by atoms with E-state index in [0.717, 1.165) is 16.7 Å². The summed E-state index contributed by atoms with van der Waals surface area (Å²) in [4.78, 5) is 22.7. The molecular weight excluding hydrogens is 280 g/mol. The summed E-state index contributed by atoms with van der Waals surface area (Å²) in [7, 11) is 0. The van der Waals surface area contributed by atoms with Crippen molar-refractivity contribution in [3.05, 3.63) is 32.9 Å². The SMILES string of the molecule is O=C1C(=Cc2ccc([N+](=O)[O-])o2)SC(=S)N1CO. The predicted molar refractivity (Wildman–Crippen MR) is 67.5 cm³/mol. The molecule has 0 atom stereocenters. The molecule has 7 nitrogen and oxygen atoms in total. The van der Waals surface area contributed by atoms with E-state index >= 15 is 0 Å². The van der Waals surface area contributed by atoms with Gasteiger partial charge in [0.1, 0.15) is 21.7 Å². The van der Waals surface area contributed by atoms with Crippen LogP contribution in [-0.4, -0.2) is 31.9 Å². The third kappa shape index (κ3) is 2.28. The number of hydrogen-bond donors (Lipinski definition) is 1. The second kappa shape index (κ2) is 4.88. The van der Waals surface area contributed by atoms with Crippen molar-refractivity contribution in [2.24, 2.45) is 0 Å². The highest BCUT2D eigenvalue weighted by Crippen LogP contribution is 2.32. The van der Waals surface area contributed by atoms with E-state index in [1.54, 1.807) is 0 Å². The van der Waals surface area contributed by atoms with Gasteiger partial charge in [-0.25, -0.2) is 0 Å². The fourth-order valence-corrected chi connectivity index (χ4v) is 2.49. The van der Waals surface area contributed by atoms with Gasteiger partial charge in [0.05, 0.1) is 11.0 Å². The molecule has 0 bridgehead atoms. The zero-order valence-electron chi connectivity index (χ0n) is 8.73. The van der Waals surface area contributed by atoms with Crippen LogP contribution in [0.2, 0.25) is 0 Å². The van der Waals surface area contributed by atoms with E-state index in [1.165, 1.54) is 18.2 Å². The van der Waals surface area contributed by atoms with Gasteiger partial charge in [-0.2, -0.15) is 0 Å². The fourth-order valence-electron chi connectivity index (χ4n) is 1.27. The molecule has 94 valence electrons. The monoisotopic (exact) mass is 286 g/mol. The van der Waals surface area contributed by atoms with Crippen LogP contribution in [0.4, 0.5) is 5.88 Å². The van der Waals surface area contributed by atoms with Crippen LogP contribution in [0.15, 0.2) is 21.5 Å². The Hall–Kier alpha value is -1.71. The normalized spacial score (nSPS) is 17.8. The maximum atomic E-state index is 11.7. The Morgan fingerprint density at radius 2 is 2.33 bits per heavy atom. The zero-order valence-corrected chi connectivity index (χ0v) is 10.4. The van der Waals surface area contributed by atoms with Crippen molar-refractivity contribution in [2.75, 3.05) is 6.73 Å². The van der Waals surface area contributed by atoms with Gasteiger partial charge in [0, 0.05) is 6.08 Å². The number of carbonyl (C=O) groups excluding carboxylic acids is 1. The average Bonchev–Trinajstić information content (AvgIpc) is 2.86. The van der Waals surface area contributed by atoms with Gasteiger partial charge in [0.15, 0.2) is 0 Å². The van der Waals surface area contributed by atoms with Gasteiger partial charge in [-0.1, -0.05) is 24.0 Å². The highest BCUT2D eigenvalue weighted by Gasteiger charge is 2.31. The Labute approximate surface area is 110 Å². The summed E-state index contributed by atoms with van der Waals surface area (Å²) >= 11 is 5.88. The number of carbonyl (C=O) groups is 1. The van der Waals surface area contributed by atoms with Crippen molar-refractivity contribution in [3.8, 4) is 0 Å². The first-order chi connectivity index (χ1) is 8.52. The molecule has 0 radical (unpaired) electrons. The molecule has 18 heavy (non-hydrogen) atoms. The highest BCUT2D eigenvalue weighted by molar-refractivity contribution is 8.26. The number of amides is 1. The fraction of sp³-hybridized carbons (Fsp3) is 0.111. The van der Waals surface area contributed by atoms with Crippen LogP contribution in [0, 0.1) is 10.1 Å². The molecule has 1 amide bonds. The minimum Gasteiger partial charge on any atom is -0.401 e. The molecule has 1 aliphatic rings. The van der Waals surface area contributed by atoms with Crippen LogP contribution in [0.3, 0.4) is 0 Å². The summed E-state index contributed by atoms with van der Waals surface area (Å²) in [6, 6.07) is 2.57. The van der Waals surface area contributed by atoms with Crippen LogP contribution in [-0.2, 0) is 4.79 Å². The summed E-state index contributed by atoms with van der Waals surface area (Å²) in [5.74, 6) is -0.675. The average molecular weight is 286 g/mol. The molecule has 1 N–H and O–H groups in total. The first kappa shape index (κ1) is 12.7. The lowest BCUT2D eigenvalue weighted by molar-refractivity contribution is -0.402. The molecule has 9 heteroatoms. The molecule has 1 aromatic heterocycles. The molecule has 0 unspecified atom stereocenters. The summed E-state index contributed by atoms with van der Waals surface area (Å²) < 4.78 is 5.13. The van der Waals surface area contributed by atoms with Gasteiger partial charge in [0.25, 0.3) is 5.91 Å². The third-order valence-electron chi connectivity index (χ3n) is 2.08. The van der Waals surface area contributed by atoms with Gasteiger partial charge in [0.2, 0.25) is 0 Å². The third-order valence-corrected chi connectivity index (χ3v) is 3.46. The van der Waals surface area contributed by atoms with Crippen molar-refractivity contribution in [1.82, 2.24) is 4.90 Å². The van der Waals surface area contributed by atoms with Crippen molar-refractivity contribution in [3.63, 3.8) is 0 Å². The standard InChI is InChI=1S/C9H6N2O5S2/c12-4-10-8(13)6(18-9(10)17)3-5-1-2-7(16-5)11(14)15/h1-3,12H,4H2. The molecule has 0 aromatic carbocycles. The van der Waals surface area contributed by atoms with Gasteiger partial charge in [-0.3, -0.25) is 19.8 Å². The lowest BCUT2D eigenvalue weighted by Crippen LogP contribution is -2.28. The van der Waals surface area contributed by atoms with Gasteiger partial charge in [-0.05, 0) is 6.07 Å². The quantitative estimate of drug-likeness (QED) is 0.387. The molecule has 0 saturated carbocycles. The Kier molecular flexibility index (Phi) is 3.45. The van der Waals surface area contributed by atoms with Crippen LogP contribution in [0.1, 0.15) is 5.76 Å². The number of aliphatic hydroxyl groups excluding tert-OH is 1. The van der Waals surface area contributed by atoms with Crippen LogP contribution in [0.5, 0.6) is 0 Å². The zero-order chi connectivity index (χ0) is 13.3. The second-order valence-corrected chi connectivity index (χ2v) is 4.86. The minimum absolute atomic E-state index is 0.181. The molecule has 1 saturated heterocycles. The number of furan rings is 1. The Morgan fingerprint density at radius 1 is 1.61 bits per heavy atom.